The van der Waals surface area contributed by atoms with Crippen LogP contribution in [-0.4, -0.2) is 19.6 Å². The van der Waals surface area contributed by atoms with E-state index >= 15 is 0 Å². The van der Waals surface area contributed by atoms with E-state index in [1.807, 2.05) is 0 Å². The monoisotopic (exact) mass is 288 g/mol. The van der Waals surface area contributed by atoms with E-state index in [1.165, 1.54) is 50.0 Å². The van der Waals surface area contributed by atoms with Crippen molar-refractivity contribution in [2.75, 3.05) is 24.5 Å². The van der Waals surface area contributed by atoms with E-state index in [9.17, 15) is 0 Å². The number of anilines is 1. The van der Waals surface area contributed by atoms with Crippen molar-refractivity contribution in [3.63, 3.8) is 0 Å². The predicted octanol–water partition coefficient (Wildman–Crippen LogP) is 4.76. The third-order valence-electron chi connectivity index (χ3n) is 4.80. The minimum atomic E-state index is 0.489. The standard InChI is InChI=1S/C19H32N2/c1-4-13-20-18(6-3)17-11-7-8-12-19(17)21-14-9-10-16(5-2)15-21/h7-8,11-12,16,18,20H,4-6,9-10,13-15H2,1-3H3. The Hall–Kier alpha value is -1.02. The van der Waals surface area contributed by atoms with Crippen LogP contribution < -0.4 is 10.2 Å². The molecule has 1 fully saturated rings. The third kappa shape index (κ3) is 4.23. The highest BCUT2D eigenvalue weighted by Gasteiger charge is 2.22. The average Bonchev–Trinajstić information content (AvgIpc) is 2.56. The minimum absolute atomic E-state index is 0.489. The molecule has 2 unspecified atom stereocenters. The van der Waals surface area contributed by atoms with Crippen molar-refractivity contribution in [2.45, 2.75) is 58.9 Å². The minimum Gasteiger partial charge on any atom is -0.371 e. The number of hydrogen-bond donors (Lipinski definition) is 1. The van der Waals surface area contributed by atoms with Crippen LogP contribution in [-0.2, 0) is 0 Å². The molecule has 0 bridgehead atoms. The molecule has 1 heterocycles. The summed E-state index contributed by atoms with van der Waals surface area (Å²) in [6.45, 7) is 10.4. The SMILES string of the molecule is CCCNC(CC)c1ccccc1N1CCCC(CC)C1. The Labute approximate surface area is 130 Å². The molecule has 2 atom stereocenters. The fourth-order valence-electron chi connectivity index (χ4n) is 3.48. The molecule has 1 aliphatic rings. The molecular formula is C19H32N2. The van der Waals surface area contributed by atoms with Crippen LogP contribution in [0.1, 0.15) is 64.5 Å². The lowest BCUT2D eigenvalue weighted by Gasteiger charge is -2.36. The molecule has 1 N–H and O–H groups in total. The van der Waals surface area contributed by atoms with Crippen LogP contribution in [0.2, 0.25) is 0 Å². The number of nitrogens with one attached hydrogen (secondary N) is 1. The van der Waals surface area contributed by atoms with Gasteiger partial charge in [0, 0.05) is 24.8 Å². The van der Waals surface area contributed by atoms with Crippen molar-refractivity contribution in [1.29, 1.82) is 0 Å². The van der Waals surface area contributed by atoms with Gasteiger partial charge in [0.1, 0.15) is 0 Å². The van der Waals surface area contributed by atoms with Gasteiger partial charge in [-0.3, -0.25) is 0 Å². The van der Waals surface area contributed by atoms with Crippen molar-refractivity contribution in [2.24, 2.45) is 5.92 Å². The molecule has 1 aliphatic heterocycles. The molecule has 0 amide bonds. The summed E-state index contributed by atoms with van der Waals surface area (Å²) in [4.78, 5) is 2.63. The fourth-order valence-corrected chi connectivity index (χ4v) is 3.48. The van der Waals surface area contributed by atoms with Crippen LogP contribution in [0.4, 0.5) is 5.69 Å². The molecule has 0 saturated carbocycles. The summed E-state index contributed by atoms with van der Waals surface area (Å²) in [5.41, 5.74) is 2.95. The molecule has 0 aliphatic carbocycles. The summed E-state index contributed by atoms with van der Waals surface area (Å²) in [5, 5.41) is 3.71. The van der Waals surface area contributed by atoms with Crippen molar-refractivity contribution in [3.05, 3.63) is 29.8 Å². The Morgan fingerprint density at radius 2 is 2.05 bits per heavy atom. The Balaban J connectivity index is 2.18. The molecule has 1 saturated heterocycles. The smallest absolute Gasteiger partial charge is 0.0414 e. The molecule has 0 radical (unpaired) electrons. The van der Waals surface area contributed by atoms with E-state index in [-0.39, 0.29) is 0 Å². The van der Waals surface area contributed by atoms with Crippen LogP contribution >= 0.6 is 0 Å². The van der Waals surface area contributed by atoms with E-state index < -0.39 is 0 Å². The van der Waals surface area contributed by atoms with Gasteiger partial charge in [0.15, 0.2) is 0 Å². The fraction of sp³-hybridized carbons (Fsp3) is 0.684. The van der Waals surface area contributed by atoms with Gasteiger partial charge in [-0.05, 0) is 49.8 Å². The molecule has 1 aromatic carbocycles. The molecule has 2 nitrogen and oxygen atoms in total. The molecule has 0 aromatic heterocycles. The second kappa shape index (κ2) is 8.43. The van der Waals surface area contributed by atoms with E-state index in [2.05, 4.69) is 55.3 Å². The van der Waals surface area contributed by atoms with Gasteiger partial charge in [0.25, 0.3) is 0 Å². The highest BCUT2D eigenvalue weighted by Crippen LogP contribution is 2.32. The number of nitrogens with zero attached hydrogens (tertiary/aromatic N) is 1. The molecule has 21 heavy (non-hydrogen) atoms. The maximum absolute atomic E-state index is 3.71. The normalized spacial score (nSPS) is 20.5. The zero-order chi connectivity index (χ0) is 15.1. The Morgan fingerprint density at radius 1 is 1.24 bits per heavy atom. The number of rotatable bonds is 7. The van der Waals surface area contributed by atoms with E-state index in [0.717, 1.165) is 18.9 Å². The van der Waals surface area contributed by atoms with Gasteiger partial charge in [-0.2, -0.15) is 0 Å². The molecule has 0 spiro atoms. The lowest BCUT2D eigenvalue weighted by molar-refractivity contribution is 0.403. The first-order chi connectivity index (χ1) is 10.3. The molecule has 1 aromatic rings. The first-order valence-electron chi connectivity index (χ1n) is 8.87. The topological polar surface area (TPSA) is 15.3 Å². The van der Waals surface area contributed by atoms with E-state index in [1.54, 1.807) is 0 Å². The molecule has 118 valence electrons. The maximum Gasteiger partial charge on any atom is 0.0414 e. The zero-order valence-corrected chi connectivity index (χ0v) is 14.1. The van der Waals surface area contributed by atoms with Crippen molar-refractivity contribution in [1.82, 2.24) is 5.32 Å². The Kier molecular flexibility index (Phi) is 6.56. The van der Waals surface area contributed by atoms with Crippen LogP contribution in [0.3, 0.4) is 0 Å². The quantitative estimate of drug-likeness (QED) is 0.778. The number of para-hydroxylation sites is 1. The second-order valence-corrected chi connectivity index (χ2v) is 6.34. The van der Waals surface area contributed by atoms with Gasteiger partial charge in [-0.1, -0.05) is 45.4 Å². The van der Waals surface area contributed by atoms with Crippen LogP contribution in [0.25, 0.3) is 0 Å². The van der Waals surface area contributed by atoms with Crippen LogP contribution in [0.5, 0.6) is 0 Å². The van der Waals surface area contributed by atoms with Gasteiger partial charge in [-0.25, -0.2) is 0 Å². The zero-order valence-electron chi connectivity index (χ0n) is 14.1. The van der Waals surface area contributed by atoms with Crippen molar-refractivity contribution < 1.29 is 0 Å². The average molecular weight is 288 g/mol. The number of hydrogen-bond acceptors (Lipinski definition) is 2. The number of piperidine rings is 1. The van der Waals surface area contributed by atoms with Gasteiger partial charge >= 0.3 is 0 Å². The van der Waals surface area contributed by atoms with Crippen LogP contribution in [0, 0.1) is 5.92 Å². The summed E-state index contributed by atoms with van der Waals surface area (Å²) >= 11 is 0. The summed E-state index contributed by atoms with van der Waals surface area (Å²) in [7, 11) is 0. The highest BCUT2D eigenvalue weighted by molar-refractivity contribution is 5.55. The largest absolute Gasteiger partial charge is 0.371 e. The molecular weight excluding hydrogens is 256 g/mol. The van der Waals surface area contributed by atoms with Crippen LogP contribution in [0.15, 0.2) is 24.3 Å². The van der Waals surface area contributed by atoms with Gasteiger partial charge in [0.2, 0.25) is 0 Å². The molecule has 2 rings (SSSR count). The first-order valence-corrected chi connectivity index (χ1v) is 8.87. The highest BCUT2D eigenvalue weighted by atomic mass is 15.1. The van der Waals surface area contributed by atoms with Gasteiger partial charge in [-0.15, -0.1) is 0 Å². The molecule has 2 heteroatoms. The van der Waals surface area contributed by atoms with Gasteiger partial charge in [0.05, 0.1) is 0 Å². The predicted molar refractivity (Wildman–Crippen MR) is 93.0 cm³/mol. The Morgan fingerprint density at radius 3 is 2.76 bits per heavy atom. The van der Waals surface area contributed by atoms with Crippen molar-refractivity contribution >= 4 is 5.69 Å². The van der Waals surface area contributed by atoms with Crippen molar-refractivity contribution in [3.8, 4) is 0 Å². The lowest BCUT2D eigenvalue weighted by atomic mass is 9.93. The Bertz CT molecular complexity index is 416. The maximum atomic E-state index is 3.71. The summed E-state index contributed by atoms with van der Waals surface area (Å²) < 4.78 is 0. The van der Waals surface area contributed by atoms with E-state index in [0.29, 0.717) is 6.04 Å². The van der Waals surface area contributed by atoms with E-state index in [4.69, 9.17) is 0 Å². The number of benzene rings is 1. The summed E-state index contributed by atoms with van der Waals surface area (Å²) in [5.74, 6) is 0.871. The summed E-state index contributed by atoms with van der Waals surface area (Å²) in [6, 6.07) is 9.52. The third-order valence-corrected chi connectivity index (χ3v) is 4.80. The summed E-state index contributed by atoms with van der Waals surface area (Å²) in [6.07, 6.45) is 6.40. The first kappa shape index (κ1) is 16.4. The second-order valence-electron chi connectivity index (χ2n) is 6.34. The lowest BCUT2D eigenvalue weighted by Crippen LogP contribution is -2.36. The van der Waals surface area contributed by atoms with Gasteiger partial charge < -0.3 is 10.2 Å².